The Balaban J connectivity index is 1.74. The lowest BCUT2D eigenvalue weighted by molar-refractivity contribution is 0.576. The summed E-state index contributed by atoms with van der Waals surface area (Å²) in [4.78, 5) is 0. The Morgan fingerprint density at radius 2 is 2.05 bits per heavy atom. The molecule has 4 nitrogen and oxygen atoms in total. The molecule has 1 aliphatic carbocycles. The molecular formula is C14H14ClNO3S. The average Bonchev–Trinajstić information content (AvgIpc) is 2.99. The van der Waals surface area contributed by atoms with E-state index in [4.69, 9.17) is 16.0 Å². The summed E-state index contributed by atoms with van der Waals surface area (Å²) in [6.45, 7) is 0.228. The van der Waals surface area contributed by atoms with Gasteiger partial charge in [0.05, 0.1) is 6.26 Å². The second-order valence-corrected chi connectivity index (χ2v) is 7.91. The zero-order valence-electron chi connectivity index (χ0n) is 10.7. The Bertz CT molecular complexity index is 706. The Morgan fingerprint density at radius 1 is 1.25 bits per heavy atom. The molecule has 0 unspecified atom stereocenters. The highest BCUT2D eigenvalue weighted by molar-refractivity contribution is 7.92. The fraction of sp³-hybridized carbons (Fsp3) is 0.286. The first-order valence-corrected chi connectivity index (χ1v) is 8.17. The van der Waals surface area contributed by atoms with Crippen LogP contribution in [0.15, 0.2) is 47.1 Å². The molecule has 0 atom stereocenters. The fourth-order valence-corrected chi connectivity index (χ4v) is 3.47. The summed E-state index contributed by atoms with van der Waals surface area (Å²) < 4.78 is 30.7. The van der Waals surface area contributed by atoms with Crippen molar-refractivity contribution in [1.29, 1.82) is 0 Å². The van der Waals surface area contributed by atoms with Crippen LogP contribution in [0.3, 0.4) is 0 Å². The van der Waals surface area contributed by atoms with Crippen molar-refractivity contribution < 1.29 is 12.8 Å². The zero-order valence-corrected chi connectivity index (χ0v) is 12.2. The van der Waals surface area contributed by atoms with Gasteiger partial charge in [-0.05, 0) is 36.6 Å². The van der Waals surface area contributed by atoms with E-state index in [0.29, 0.717) is 12.8 Å². The molecule has 0 aliphatic heterocycles. The molecule has 2 aromatic rings. The van der Waals surface area contributed by atoms with Gasteiger partial charge in [0.1, 0.15) is 5.76 Å². The van der Waals surface area contributed by atoms with Gasteiger partial charge in [-0.3, -0.25) is 0 Å². The van der Waals surface area contributed by atoms with Crippen molar-refractivity contribution >= 4 is 21.6 Å². The summed E-state index contributed by atoms with van der Waals surface area (Å²) in [5.41, 5.74) is 1.78. The number of nitrogens with one attached hydrogen (secondary N) is 1. The van der Waals surface area contributed by atoms with Gasteiger partial charge in [-0.15, -0.1) is 11.6 Å². The van der Waals surface area contributed by atoms with Crippen LogP contribution in [0.4, 0.5) is 0 Å². The smallest absolute Gasteiger partial charge is 0.231 e. The van der Waals surface area contributed by atoms with Crippen molar-refractivity contribution in [2.24, 2.45) is 0 Å². The van der Waals surface area contributed by atoms with Gasteiger partial charge in [0.2, 0.25) is 10.0 Å². The molecule has 1 aromatic heterocycles. The van der Waals surface area contributed by atoms with Gasteiger partial charge in [0.15, 0.2) is 4.21 Å². The number of rotatable bonds is 5. The first-order valence-electron chi connectivity index (χ1n) is 6.31. The molecule has 1 aromatic carbocycles. The molecule has 20 heavy (non-hydrogen) atoms. The van der Waals surface area contributed by atoms with E-state index in [2.05, 4.69) is 4.72 Å². The third kappa shape index (κ3) is 2.61. The van der Waals surface area contributed by atoms with E-state index in [-0.39, 0.29) is 6.54 Å². The molecule has 0 radical (unpaired) electrons. The number of sulfonamides is 1. The zero-order chi connectivity index (χ0) is 14.2. The largest absolute Gasteiger partial charge is 0.464 e. The van der Waals surface area contributed by atoms with Gasteiger partial charge < -0.3 is 4.42 Å². The summed E-state index contributed by atoms with van der Waals surface area (Å²) in [5.74, 6) is 0.755. The molecule has 6 heteroatoms. The average molecular weight is 312 g/mol. The highest BCUT2D eigenvalue weighted by Gasteiger charge is 2.52. The lowest BCUT2D eigenvalue weighted by Crippen LogP contribution is -2.32. The maximum Gasteiger partial charge on any atom is 0.231 e. The quantitative estimate of drug-likeness (QED) is 0.863. The molecule has 3 rings (SSSR count). The summed E-state index contributed by atoms with van der Waals surface area (Å²) in [6, 6.07) is 11.2. The van der Waals surface area contributed by atoms with Crippen molar-refractivity contribution in [3.63, 3.8) is 0 Å². The molecule has 0 saturated heterocycles. The van der Waals surface area contributed by atoms with Crippen LogP contribution >= 0.6 is 11.6 Å². The van der Waals surface area contributed by atoms with E-state index in [0.717, 1.165) is 16.9 Å². The second-order valence-electron chi connectivity index (χ2n) is 4.89. The first-order chi connectivity index (χ1) is 9.50. The topological polar surface area (TPSA) is 59.3 Å². The fourth-order valence-electron chi connectivity index (χ4n) is 1.95. The lowest BCUT2D eigenvalue weighted by atomic mass is 10.1. The highest BCUT2D eigenvalue weighted by Crippen LogP contribution is 2.46. The van der Waals surface area contributed by atoms with Crippen molar-refractivity contribution in [2.45, 2.75) is 23.6 Å². The Kier molecular flexibility index (Phi) is 3.36. The van der Waals surface area contributed by atoms with Gasteiger partial charge >= 0.3 is 0 Å². The van der Waals surface area contributed by atoms with E-state index in [1.807, 2.05) is 36.4 Å². The van der Waals surface area contributed by atoms with Crippen LogP contribution in [0.1, 0.15) is 18.4 Å². The number of hydrogen-bond acceptors (Lipinski definition) is 3. The number of halogens is 1. The summed E-state index contributed by atoms with van der Waals surface area (Å²) in [5, 5.41) is 0. The van der Waals surface area contributed by atoms with Gasteiger partial charge in [-0.25, -0.2) is 13.1 Å². The van der Waals surface area contributed by atoms with Crippen LogP contribution in [-0.2, 0) is 16.6 Å². The predicted octanol–water partition coefficient (Wildman–Crippen LogP) is 3.09. The normalized spacial score (nSPS) is 17.1. The molecule has 1 aliphatic rings. The Hall–Kier alpha value is -1.30. The standard InChI is InChI=1S/C14H14ClNO3S/c15-14(6-7-14)20(17,18)16-10-11-3-1-4-12(9-11)13-5-2-8-19-13/h1-5,8-9,16H,6-7,10H2. The predicted molar refractivity (Wildman–Crippen MR) is 77.7 cm³/mol. The third-order valence-electron chi connectivity index (χ3n) is 3.32. The summed E-state index contributed by atoms with van der Waals surface area (Å²) in [6.07, 6.45) is 2.63. The van der Waals surface area contributed by atoms with Crippen molar-refractivity contribution in [3.05, 3.63) is 48.2 Å². The maximum atomic E-state index is 11.9. The Morgan fingerprint density at radius 3 is 2.70 bits per heavy atom. The van der Waals surface area contributed by atoms with Gasteiger partial charge in [0.25, 0.3) is 0 Å². The number of hydrogen-bond donors (Lipinski definition) is 1. The van der Waals surface area contributed by atoms with Crippen LogP contribution in [0.5, 0.6) is 0 Å². The van der Waals surface area contributed by atoms with E-state index < -0.39 is 14.2 Å². The first kappa shape index (κ1) is 13.7. The number of furan rings is 1. The van der Waals surface area contributed by atoms with Gasteiger partial charge in [-0.1, -0.05) is 18.2 Å². The lowest BCUT2D eigenvalue weighted by Gasteiger charge is -2.10. The molecule has 1 fully saturated rings. The molecule has 0 spiro atoms. The molecule has 1 N–H and O–H groups in total. The van der Waals surface area contributed by atoms with E-state index >= 15 is 0 Å². The van der Waals surface area contributed by atoms with Crippen LogP contribution in [0.25, 0.3) is 11.3 Å². The second kappa shape index (κ2) is 4.91. The monoisotopic (exact) mass is 311 g/mol. The van der Waals surface area contributed by atoms with Crippen LogP contribution < -0.4 is 4.72 Å². The molecular weight excluding hydrogens is 298 g/mol. The molecule has 0 amide bonds. The van der Waals surface area contributed by atoms with E-state index in [1.54, 1.807) is 6.26 Å². The SMILES string of the molecule is O=S(=O)(NCc1cccc(-c2ccco2)c1)C1(Cl)CC1. The van der Waals surface area contributed by atoms with E-state index in [1.165, 1.54) is 0 Å². The van der Waals surface area contributed by atoms with Crippen molar-refractivity contribution in [1.82, 2.24) is 4.72 Å². The minimum Gasteiger partial charge on any atom is -0.464 e. The molecule has 1 saturated carbocycles. The minimum atomic E-state index is -3.46. The minimum absolute atomic E-state index is 0.228. The maximum absolute atomic E-state index is 11.9. The Labute approximate surface area is 122 Å². The van der Waals surface area contributed by atoms with Crippen molar-refractivity contribution in [3.8, 4) is 11.3 Å². The van der Waals surface area contributed by atoms with Crippen LogP contribution in [-0.4, -0.2) is 12.6 Å². The van der Waals surface area contributed by atoms with Gasteiger partial charge in [-0.2, -0.15) is 0 Å². The highest BCUT2D eigenvalue weighted by atomic mass is 35.5. The van der Waals surface area contributed by atoms with E-state index in [9.17, 15) is 8.42 Å². The number of alkyl halides is 1. The van der Waals surface area contributed by atoms with Gasteiger partial charge in [0, 0.05) is 12.1 Å². The van der Waals surface area contributed by atoms with Crippen LogP contribution in [0.2, 0.25) is 0 Å². The number of benzene rings is 1. The summed E-state index contributed by atoms with van der Waals surface area (Å²) >= 11 is 5.95. The molecule has 0 bridgehead atoms. The molecule has 1 heterocycles. The third-order valence-corrected chi connectivity index (χ3v) is 6.21. The van der Waals surface area contributed by atoms with Crippen molar-refractivity contribution in [2.75, 3.05) is 0 Å². The van der Waals surface area contributed by atoms with Crippen LogP contribution in [0, 0.1) is 0 Å². The molecule has 106 valence electrons. The summed E-state index contributed by atoms with van der Waals surface area (Å²) in [7, 11) is -3.46.